The van der Waals surface area contributed by atoms with Gasteiger partial charge in [0.05, 0.1) is 25.0 Å². The van der Waals surface area contributed by atoms with Crippen LogP contribution in [0.1, 0.15) is 26.7 Å². The summed E-state index contributed by atoms with van der Waals surface area (Å²) in [7, 11) is 0. The molecule has 1 aliphatic carbocycles. The second kappa shape index (κ2) is 7.69. The first-order valence-electron chi connectivity index (χ1n) is 6.39. The predicted octanol–water partition coefficient (Wildman–Crippen LogP) is 2.25. The molecule has 0 spiro atoms. The molecule has 0 saturated heterocycles. The van der Waals surface area contributed by atoms with E-state index in [-0.39, 0.29) is 11.9 Å². The fourth-order valence-corrected chi connectivity index (χ4v) is 1.66. The van der Waals surface area contributed by atoms with Gasteiger partial charge in [0.2, 0.25) is 0 Å². The molecular formula is C14H20O4. The Balaban J connectivity index is 2.63. The molecule has 0 heterocycles. The van der Waals surface area contributed by atoms with E-state index in [4.69, 9.17) is 9.47 Å². The van der Waals surface area contributed by atoms with Crippen molar-refractivity contribution in [2.75, 3.05) is 13.2 Å². The second-order valence-electron chi connectivity index (χ2n) is 4.16. The maximum atomic E-state index is 11.8. The van der Waals surface area contributed by atoms with E-state index in [1.807, 2.05) is 13.8 Å². The standard InChI is InChI=1S/C14H20O4/c1-3-9-17-13(15)11-7-5-6-8-12(11)14(16)18-10-4-2/h5-8,11-12H,3-4,9-10H2,1-2H3. The Morgan fingerprint density at radius 1 is 0.889 bits per heavy atom. The van der Waals surface area contributed by atoms with Gasteiger partial charge in [-0.25, -0.2) is 0 Å². The summed E-state index contributed by atoms with van der Waals surface area (Å²) >= 11 is 0. The molecule has 0 bridgehead atoms. The summed E-state index contributed by atoms with van der Waals surface area (Å²) in [5.41, 5.74) is 0. The van der Waals surface area contributed by atoms with E-state index < -0.39 is 11.8 Å². The third kappa shape index (κ3) is 4.02. The molecule has 0 radical (unpaired) electrons. The fraction of sp³-hybridized carbons (Fsp3) is 0.571. The van der Waals surface area contributed by atoms with Crippen molar-refractivity contribution in [3.05, 3.63) is 24.3 Å². The summed E-state index contributed by atoms with van der Waals surface area (Å²) in [4.78, 5) is 23.7. The smallest absolute Gasteiger partial charge is 0.314 e. The third-order valence-electron chi connectivity index (χ3n) is 2.58. The molecule has 0 aliphatic heterocycles. The van der Waals surface area contributed by atoms with Gasteiger partial charge in [0.25, 0.3) is 0 Å². The van der Waals surface area contributed by atoms with Gasteiger partial charge in [0, 0.05) is 0 Å². The molecule has 2 atom stereocenters. The average molecular weight is 252 g/mol. The highest BCUT2D eigenvalue weighted by molar-refractivity contribution is 5.85. The van der Waals surface area contributed by atoms with Crippen LogP contribution in [0.15, 0.2) is 24.3 Å². The Bertz CT molecular complexity index is 310. The van der Waals surface area contributed by atoms with E-state index in [0.717, 1.165) is 12.8 Å². The number of allylic oxidation sites excluding steroid dienone is 2. The Morgan fingerprint density at radius 2 is 1.28 bits per heavy atom. The maximum Gasteiger partial charge on any atom is 0.314 e. The topological polar surface area (TPSA) is 52.6 Å². The van der Waals surface area contributed by atoms with Crippen LogP contribution in [0.4, 0.5) is 0 Å². The van der Waals surface area contributed by atoms with Crippen LogP contribution in [0, 0.1) is 11.8 Å². The maximum absolute atomic E-state index is 11.8. The highest BCUT2D eigenvalue weighted by atomic mass is 16.5. The molecule has 0 N–H and O–H groups in total. The SMILES string of the molecule is CCCOC(=O)C1C=CC=CC1C(=O)OCCC. The lowest BCUT2D eigenvalue weighted by Gasteiger charge is -2.21. The van der Waals surface area contributed by atoms with Crippen LogP contribution in [0.3, 0.4) is 0 Å². The first-order valence-corrected chi connectivity index (χ1v) is 6.39. The molecule has 18 heavy (non-hydrogen) atoms. The van der Waals surface area contributed by atoms with Crippen molar-refractivity contribution in [3.8, 4) is 0 Å². The van der Waals surface area contributed by atoms with Crippen LogP contribution in [-0.2, 0) is 19.1 Å². The van der Waals surface area contributed by atoms with Crippen molar-refractivity contribution < 1.29 is 19.1 Å². The summed E-state index contributed by atoms with van der Waals surface area (Å²) in [6, 6.07) is 0. The minimum Gasteiger partial charge on any atom is -0.465 e. The monoisotopic (exact) mass is 252 g/mol. The molecule has 1 aliphatic rings. The number of ether oxygens (including phenoxy) is 2. The lowest BCUT2D eigenvalue weighted by molar-refractivity contribution is -0.157. The van der Waals surface area contributed by atoms with E-state index in [1.165, 1.54) is 0 Å². The lowest BCUT2D eigenvalue weighted by atomic mass is 9.88. The number of carbonyl (C=O) groups excluding carboxylic acids is 2. The highest BCUT2D eigenvalue weighted by Crippen LogP contribution is 2.22. The molecule has 0 aromatic rings. The van der Waals surface area contributed by atoms with Crippen LogP contribution in [0.2, 0.25) is 0 Å². The quantitative estimate of drug-likeness (QED) is 0.680. The van der Waals surface area contributed by atoms with Gasteiger partial charge >= 0.3 is 11.9 Å². The van der Waals surface area contributed by atoms with Crippen molar-refractivity contribution in [1.29, 1.82) is 0 Å². The summed E-state index contributed by atoms with van der Waals surface area (Å²) < 4.78 is 10.2. The fourth-order valence-electron chi connectivity index (χ4n) is 1.66. The summed E-state index contributed by atoms with van der Waals surface area (Å²) in [5, 5.41) is 0. The van der Waals surface area contributed by atoms with E-state index >= 15 is 0 Å². The Hall–Kier alpha value is -1.58. The largest absolute Gasteiger partial charge is 0.465 e. The molecule has 4 heteroatoms. The predicted molar refractivity (Wildman–Crippen MR) is 67.8 cm³/mol. The van der Waals surface area contributed by atoms with Gasteiger partial charge in [-0.2, -0.15) is 0 Å². The molecule has 0 aromatic carbocycles. The minimum absolute atomic E-state index is 0.365. The third-order valence-corrected chi connectivity index (χ3v) is 2.58. The highest BCUT2D eigenvalue weighted by Gasteiger charge is 2.33. The van der Waals surface area contributed by atoms with Crippen molar-refractivity contribution in [2.45, 2.75) is 26.7 Å². The van der Waals surface area contributed by atoms with Crippen LogP contribution in [0.5, 0.6) is 0 Å². The molecular weight excluding hydrogens is 232 g/mol. The van der Waals surface area contributed by atoms with Gasteiger partial charge in [0.15, 0.2) is 0 Å². The Labute approximate surface area is 108 Å². The number of hydrogen-bond donors (Lipinski definition) is 0. The Morgan fingerprint density at radius 3 is 1.61 bits per heavy atom. The van der Waals surface area contributed by atoms with Crippen molar-refractivity contribution in [2.24, 2.45) is 11.8 Å². The van der Waals surface area contributed by atoms with Crippen LogP contribution >= 0.6 is 0 Å². The van der Waals surface area contributed by atoms with Gasteiger partial charge in [0.1, 0.15) is 0 Å². The average Bonchev–Trinajstić information content (AvgIpc) is 2.42. The molecule has 0 fully saturated rings. The van der Waals surface area contributed by atoms with Gasteiger partial charge in [-0.05, 0) is 12.8 Å². The minimum atomic E-state index is -0.564. The van der Waals surface area contributed by atoms with E-state index in [9.17, 15) is 9.59 Å². The normalized spacial score (nSPS) is 21.7. The molecule has 2 unspecified atom stereocenters. The van der Waals surface area contributed by atoms with Crippen LogP contribution < -0.4 is 0 Å². The van der Waals surface area contributed by atoms with Gasteiger partial charge in [-0.15, -0.1) is 0 Å². The van der Waals surface area contributed by atoms with Crippen molar-refractivity contribution in [1.82, 2.24) is 0 Å². The number of hydrogen-bond acceptors (Lipinski definition) is 4. The molecule has 0 saturated carbocycles. The zero-order valence-electron chi connectivity index (χ0n) is 10.9. The van der Waals surface area contributed by atoms with Crippen LogP contribution in [-0.4, -0.2) is 25.2 Å². The first-order chi connectivity index (χ1) is 8.70. The number of carbonyl (C=O) groups is 2. The van der Waals surface area contributed by atoms with Crippen molar-refractivity contribution >= 4 is 11.9 Å². The molecule has 100 valence electrons. The van der Waals surface area contributed by atoms with Gasteiger partial charge in [-0.1, -0.05) is 38.2 Å². The summed E-state index contributed by atoms with van der Waals surface area (Å²) in [5.74, 6) is -1.86. The molecule has 0 aromatic heterocycles. The second-order valence-corrected chi connectivity index (χ2v) is 4.16. The van der Waals surface area contributed by atoms with E-state index in [1.54, 1.807) is 24.3 Å². The lowest BCUT2D eigenvalue weighted by Crippen LogP contribution is -2.31. The molecule has 0 amide bonds. The first kappa shape index (κ1) is 14.5. The number of rotatable bonds is 6. The molecule has 1 rings (SSSR count). The van der Waals surface area contributed by atoms with Crippen LogP contribution in [0.25, 0.3) is 0 Å². The zero-order chi connectivity index (χ0) is 13.4. The van der Waals surface area contributed by atoms with E-state index in [2.05, 4.69) is 0 Å². The summed E-state index contributed by atoms with van der Waals surface area (Å²) in [6.45, 7) is 4.61. The zero-order valence-corrected chi connectivity index (χ0v) is 10.9. The van der Waals surface area contributed by atoms with Gasteiger partial charge in [-0.3, -0.25) is 9.59 Å². The summed E-state index contributed by atoms with van der Waals surface area (Å²) in [6.07, 6.45) is 8.42. The van der Waals surface area contributed by atoms with Gasteiger partial charge < -0.3 is 9.47 Å². The molecule has 4 nitrogen and oxygen atoms in total. The van der Waals surface area contributed by atoms with Crippen molar-refractivity contribution in [3.63, 3.8) is 0 Å². The Kier molecular flexibility index (Phi) is 6.19. The van der Waals surface area contributed by atoms with E-state index in [0.29, 0.717) is 13.2 Å². The number of esters is 2.